The lowest BCUT2D eigenvalue weighted by Crippen LogP contribution is -1.96. The topological polar surface area (TPSA) is 20.2 Å². The average Bonchev–Trinajstić information content (AvgIpc) is 2.14. The molecule has 0 saturated carbocycles. The first-order valence-corrected chi connectivity index (χ1v) is 4.24. The second kappa shape index (κ2) is 5.62. The zero-order valence-corrected chi connectivity index (χ0v) is 7.03. The van der Waals surface area contributed by atoms with E-state index in [-0.39, 0.29) is 0 Å². The number of hydrogen-bond acceptors (Lipinski definition) is 1. The van der Waals surface area contributed by atoms with Crippen molar-refractivity contribution in [1.29, 1.82) is 0 Å². The van der Waals surface area contributed by atoms with Gasteiger partial charge in [0.25, 0.3) is 0 Å². The molecule has 1 heteroatoms. The summed E-state index contributed by atoms with van der Waals surface area (Å²) in [5.41, 5.74) is 0. The smallest absolute Gasteiger partial charge is 0.102 e. The minimum atomic E-state index is 0.419. The highest BCUT2D eigenvalue weighted by molar-refractivity contribution is 5.21. The molecule has 1 nitrogen and oxygen atoms in total. The van der Waals surface area contributed by atoms with Crippen molar-refractivity contribution in [3.63, 3.8) is 0 Å². The van der Waals surface area contributed by atoms with E-state index in [4.69, 9.17) is 5.11 Å². The molecule has 0 fully saturated rings. The molecular weight excluding hydrogens is 148 g/mol. The fourth-order valence-electron chi connectivity index (χ4n) is 1.18. The number of aliphatic hydroxyl groups excluding tert-OH is 1. The zero-order chi connectivity index (χ0) is 8.65. The van der Waals surface area contributed by atoms with Crippen LogP contribution in [0, 0.1) is 24.4 Å². The molecule has 0 aromatic carbocycles. The zero-order valence-electron chi connectivity index (χ0n) is 7.03. The second-order valence-electron chi connectivity index (χ2n) is 2.76. The number of rotatable bonds is 1. The van der Waals surface area contributed by atoms with Crippen molar-refractivity contribution in [2.24, 2.45) is 5.92 Å². The summed E-state index contributed by atoms with van der Waals surface area (Å²) in [7, 11) is 0. The maximum atomic E-state index is 8.31. The summed E-state index contributed by atoms with van der Waals surface area (Å²) in [6, 6.07) is 0. The molecule has 0 aromatic rings. The highest BCUT2D eigenvalue weighted by Crippen LogP contribution is 2.15. The highest BCUT2D eigenvalue weighted by atomic mass is 16.2. The van der Waals surface area contributed by atoms with Gasteiger partial charge in [-0.2, -0.15) is 0 Å². The van der Waals surface area contributed by atoms with Crippen LogP contribution >= 0.6 is 0 Å². The first-order chi connectivity index (χ1) is 5.93. The molecular formula is C11H13O. The van der Waals surface area contributed by atoms with Crippen LogP contribution in [-0.4, -0.2) is 5.11 Å². The standard InChI is InChI=1S/C11H13O/c12-10-6-2-5-9-11-7-3-1-4-8-11/h2-3,6-7,10-12H,1,4,8H2. The predicted molar refractivity (Wildman–Crippen MR) is 49.6 cm³/mol. The van der Waals surface area contributed by atoms with E-state index in [2.05, 4.69) is 24.0 Å². The first kappa shape index (κ1) is 9.09. The van der Waals surface area contributed by atoms with Crippen molar-refractivity contribution in [1.82, 2.24) is 0 Å². The van der Waals surface area contributed by atoms with Crippen molar-refractivity contribution in [3.8, 4) is 11.8 Å². The minimum absolute atomic E-state index is 0.419. The Morgan fingerprint density at radius 3 is 3.08 bits per heavy atom. The van der Waals surface area contributed by atoms with Crippen LogP contribution in [0.25, 0.3) is 0 Å². The summed E-state index contributed by atoms with van der Waals surface area (Å²) in [5.74, 6) is 6.40. The van der Waals surface area contributed by atoms with E-state index in [1.807, 2.05) is 0 Å². The molecule has 0 spiro atoms. The summed E-state index contributed by atoms with van der Waals surface area (Å²) in [5, 5.41) is 8.31. The lowest BCUT2D eigenvalue weighted by Gasteiger charge is -2.08. The van der Waals surface area contributed by atoms with Gasteiger partial charge in [0.2, 0.25) is 0 Å². The number of aliphatic hydroxyl groups is 1. The normalized spacial score (nSPS) is 22.2. The molecule has 63 valence electrons. The lowest BCUT2D eigenvalue weighted by atomic mass is 9.97. The molecule has 1 atom stereocenters. The maximum absolute atomic E-state index is 8.31. The van der Waals surface area contributed by atoms with Gasteiger partial charge in [-0.15, -0.1) is 0 Å². The Bertz CT molecular complexity index is 227. The van der Waals surface area contributed by atoms with Gasteiger partial charge in [-0.25, -0.2) is 0 Å². The van der Waals surface area contributed by atoms with Gasteiger partial charge in [-0.3, -0.25) is 0 Å². The molecule has 1 radical (unpaired) electrons. The molecule has 1 aliphatic carbocycles. The molecule has 0 aliphatic heterocycles. The fourth-order valence-corrected chi connectivity index (χ4v) is 1.18. The van der Waals surface area contributed by atoms with Crippen LogP contribution in [0.4, 0.5) is 0 Å². The summed E-state index contributed by atoms with van der Waals surface area (Å²) in [4.78, 5) is 0. The second-order valence-corrected chi connectivity index (χ2v) is 2.76. The van der Waals surface area contributed by atoms with Crippen LogP contribution in [0.5, 0.6) is 0 Å². The van der Waals surface area contributed by atoms with Gasteiger partial charge in [-0.1, -0.05) is 24.0 Å². The van der Waals surface area contributed by atoms with Gasteiger partial charge >= 0.3 is 0 Å². The van der Waals surface area contributed by atoms with Gasteiger partial charge in [0.05, 0.1) is 0 Å². The molecule has 1 N–H and O–H groups in total. The fraction of sp³-hybridized carbons (Fsp3) is 0.364. The predicted octanol–water partition coefficient (Wildman–Crippen LogP) is 2.44. The molecule has 0 amide bonds. The Labute approximate surface area is 73.8 Å². The van der Waals surface area contributed by atoms with Crippen molar-refractivity contribution in [2.45, 2.75) is 19.3 Å². The Balaban J connectivity index is 2.36. The molecule has 1 unspecified atom stereocenters. The van der Waals surface area contributed by atoms with Crippen molar-refractivity contribution in [2.75, 3.05) is 0 Å². The average molecular weight is 161 g/mol. The van der Waals surface area contributed by atoms with E-state index < -0.39 is 0 Å². The maximum Gasteiger partial charge on any atom is 0.102 e. The first-order valence-electron chi connectivity index (χ1n) is 4.24. The summed E-state index contributed by atoms with van der Waals surface area (Å²) in [6.45, 7) is 0.991. The van der Waals surface area contributed by atoms with Gasteiger partial charge in [0, 0.05) is 5.92 Å². The molecule has 1 rings (SSSR count). The van der Waals surface area contributed by atoms with Crippen LogP contribution < -0.4 is 0 Å². The van der Waals surface area contributed by atoms with Gasteiger partial charge in [0.1, 0.15) is 6.61 Å². The van der Waals surface area contributed by atoms with E-state index in [1.165, 1.54) is 25.3 Å². The SMILES string of the molecule is O[CH]C=CC#CC1C=CCCC1. The third-order valence-corrected chi connectivity index (χ3v) is 1.79. The molecule has 0 bridgehead atoms. The van der Waals surface area contributed by atoms with E-state index in [0.717, 1.165) is 6.61 Å². The summed E-state index contributed by atoms with van der Waals surface area (Å²) < 4.78 is 0. The van der Waals surface area contributed by atoms with E-state index in [9.17, 15) is 0 Å². The number of allylic oxidation sites excluding steroid dienone is 3. The van der Waals surface area contributed by atoms with Gasteiger partial charge < -0.3 is 5.11 Å². The van der Waals surface area contributed by atoms with Crippen molar-refractivity contribution < 1.29 is 5.11 Å². The van der Waals surface area contributed by atoms with Crippen molar-refractivity contribution >= 4 is 0 Å². The van der Waals surface area contributed by atoms with Crippen LogP contribution in [0.2, 0.25) is 0 Å². The quantitative estimate of drug-likeness (QED) is 0.462. The van der Waals surface area contributed by atoms with E-state index in [1.54, 1.807) is 6.08 Å². The monoisotopic (exact) mass is 161 g/mol. The van der Waals surface area contributed by atoms with E-state index >= 15 is 0 Å². The third kappa shape index (κ3) is 3.41. The van der Waals surface area contributed by atoms with Gasteiger partial charge in [-0.05, 0) is 31.4 Å². The Morgan fingerprint density at radius 1 is 1.50 bits per heavy atom. The molecule has 0 saturated heterocycles. The van der Waals surface area contributed by atoms with Crippen LogP contribution in [-0.2, 0) is 0 Å². The summed E-state index contributed by atoms with van der Waals surface area (Å²) in [6.07, 6.45) is 11.1. The highest BCUT2D eigenvalue weighted by Gasteiger charge is 2.02. The van der Waals surface area contributed by atoms with Crippen molar-refractivity contribution in [3.05, 3.63) is 30.9 Å². The molecule has 1 aliphatic rings. The molecule has 0 aromatic heterocycles. The Kier molecular flexibility index (Phi) is 4.26. The number of hydrogen-bond donors (Lipinski definition) is 1. The molecule has 12 heavy (non-hydrogen) atoms. The lowest BCUT2D eigenvalue weighted by molar-refractivity contribution is 0.421. The Morgan fingerprint density at radius 2 is 2.42 bits per heavy atom. The van der Waals surface area contributed by atoms with E-state index in [0.29, 0.717) is 5.92 Å². The van der Waals surface area contributed by atoms with Crippen LogP contribution in [0.1, 0.15) is 19.3 Å². The minimum Gasteiger partial charge on any atom is -0.386 e. The molecule has 0 heterocycles. The van der Waals surface area contributed by atoms with Crippen LogP contribution in [0.3, 0.4) is 0 Å². The van der Waals surface area contributed by atoms with Gasteiger partial charge in [0.15, 0.2) is 0 Å². The summed E-state index contributed by atoms with van der Waals surface area (Å²) >= 11 is 0. The van der Waals surface area contributed by atoms with Crippen LogP contribution in [0.15, 0.2) is 24.3 Å². The Hall–Kier alpha value is -1.00. The third-order valence-electron chi connectivity index (χ3n) is 1.79. The largest absolute Gasteiger partial charge is 0.386 e.